The molecule has 0 spiro atoms. The molecule has 5 heteroatoms. The van der Waals surface area contributed by atoms with Crippen molar-refractivity contribution in [2.45, 2.75) is 25.3 Å². The van der Waals surface area contributed by atoms with Crippen LogP contribution in [-0.4, -0.2) is 17.9 Å². The third kappa shape index (κ3) is 3.99. The minimum Gasteiger partial charge on any atom is -0.348 e. The first-order chi connectivity index (χ1) is 11.9. The first-order valence-corrected chi connectivity index (χ1v) is 10.4. The molecule has 2 aromatic carbocycles. The third-order valence-electron chi connectivity index (χ3n) is 4.88. The molecular formula is C20H21Cl2NOS. The fourth-order valence-electron chi connectivity index (χ4n) is 3.59. The van der Waals surface area contributed by atoms with Crippen LogP contribution in [-0.2, 0) is 4.79 Å². The maximum Gasteiger partial charge on any atom is 0.227 e. The molecule has 2 aromatic rings. The Hall–Kier alpha value is -1.16. The topological polar surface area (TPSA) is 29.1 Å². The molecule has 0 radical (unpaired) electrons. The Morgan fingerprint density at radius 1 is 1.12 bits per heavy atom. The minimum absolute atomic E-state index is 0.0850. The van der Waals surface area contributed by atoms with E-state index in [-0.39, 0.29) is 17.9 Å². The molecule has 1 aliphatic heterocycles. The monoisotopic (exact) mass is 393 g/mol. The van der Waals surface area contributed by atoms with Gasteiger partial charge in [0.25, 0.3) is 0 Å². The Labute approximate surface area is 163 Å². The highest BCUT2D eigenvalue weighted by atomic mass is 35.5. The van der Waals surface area contributed by atoms with Gasteiger partial charge < -0.3 is 5.32 Å². The van der Waals surface area contributed by atoms with Gasteiger partial charge in [-0.3, -0.25) is 4.79 Å². The van der Waals surface area contributed by atoms with E-state index in [0.717, 1.165) is 28.3 Å². The molecule has 132 valence electrons. The number of nitrogens with one attached hydrogen (secondary N) is 1. The minimum atomic E-state index is -0.394. The molecule has 1 fully saturated rings. The molecule has 25 heavy (non-hydrogen) atoms. The maximum absolute atomic E-state index is 12.8. The van der Waals surface area contributed by atoms with Crippen molar-refractivity contribution in [2.75, 3.05) is 12.0 Å². The van der Waals surface area contributed by atoms with Gasteiger partial charge in [0.05, 0.1) is 11.5 Å². The van der Waals surface area contributed by atoms with Gasteiger partial charge in [0.2, 0.25) is 5.91 Å². The summed E-state index contributed by atoms with van der Waals surface area (Å²) in [4.78, 5) is 12.8. The summed E-state index contributed by atoms with van der Waals surface area (Å²) in [5.74, 6) is 1.07. The molecule has 1 aliphatic rings. The number of hydrogen-bond donors (Lipinski definition) is 1. The zero-order chi connectivity index (χ0) is 18.0. The number of amides is 1. The number of piperidine rings is 1. The summed E-state index contributed by atoms with van der Waals surface area (Å²) in [5.41, 5.74) is 1.82. The van der Waals surface area contributed by atoms with E-state index < -0.39 is 5.41 Å². The Kier molecular flexibility index (Phi) is 5.67. The van der Waals surface area contributed by atoms with Crippen molar-refractivity contribution < 1.29 is 4.79 Å². The summed E-state index contributed by atoms with van der Waals surface area (Å²) in [6.07, 6.45) is 2.82. The molecule has 0 aromatic heterocycles. The van der Waals surface area contributed by atoms with Gasteiger partial charge in [0.15, 0.2) is 0 Å². The maximum atomic E-state index is 12.8. The van der Waals surface area contributed by atoms with Gasteiger partial charge >= 0.3 is 0 Å². The normalized spacial score (nSPS) is 26.3. The second-order valence-electron chi connectivity index (χ2n) is 6.86. The number of thioether (sulfide) groups is 1. The number of carbonyl (C=O) groups excluding carboxylic acids is 1. The number of rotatable bonds is 4. The lowest BCUT2D eigenvalue weighted by Crippen LogP contribution is -2.50. The van der Waals surface area contributed by atoms with E-state index in [1.807, 2.05) is 48.7 Å². The molecule has 2 nitrogen and oxygen atoms in total. The van der Waals surface area contributed by atoms with Gasteiger partial charge in [0.1, 0.15) is 0 Å². The smallest absolute Gasteiger partial charge is 0.227 e. The molecule has 0 saturated carbocycles. The van der Waals surface area contributed by atoms with Crippen molar-refractivity contribution in [3.05, 3.63) is 69.7 Å². The number of halogens is 2. The fraction of sp³-hybridized carbons (Fsp3) is 0.350. The zero-order valence-electron chi connectivity index (χ0n) is 14.3. The molecule has 3 atom stereocenters. The molecule has 1 saturated heterocycles. The summed E-state index contributed by atoms with van der Waals surface area (Å²) in [5, 5.41) is 4.67. The Morgan fingerprint density at radius 3 is 2.48 bits per heavy atom. The van der Waals surface area contributed by atoms with Crippen LogP contribution in [0.3, 0.4) is 0 Å². The van der Waals surface area contributed by atoms with E-state index in [4.69, 9.17) is 23.2 Å². The highest BCUT2D eigenvalue weighted by molar-refractivity contribution is 7.98. The van der Waals surface area contributed by atoms with E-state index in [0.29, 0.717) is 5.02 Å². The van der Waals surface area contributed by atoms with Crippen molar-refractivity contribution in [3.8, 4) is 0 Å². The second-order valence-corrected chi connectivity index (χ2v) is 8.60. The van der Waals surface area contributed by atoms with Crippen molar-refractivity contribution >= 4 is 40.9 Å². The van der Waals surface area contributed by atoms with Crippen LogP contribution in [0.1, 0.15) is 36.4 Å². The number of hydrogen-bond acceptors (Lipinski definition) is 2. The molecule has 0 bridgehead atoms. The lowest BCUT2D eigenvalue weighted by molar-refractivity contribution is -0.133. The van der Waals surface area contributed by atoms with Gasteiger partial charge in [-0.25, -0.2) is 0 Å². The Bertz CT molecular complexity index is 765. The van der Waals surface area contributed by atoms with Crippen molar-refractivity contribution in [2.24, 2.45) is 5.41 Å². The Morgan fingerprint density at radius 2 is 1.84 bits per heavy atom. The molecule has 1 heterocycles. The predicted octanol–water partition coefficient (Wildman–Crippen LogP) is 5.71. The van der Waals surface area contributed by atoms with Crippen molar-refractivity contribution in [1.29, 1.82) is 0 Å². The van der Waals surface area contributed by atoms with E-state index in [1.54, 1.807) is 11.8 Å². The average Bonchev–Trinajstić information content (AvgIpc) is 2.58. The van der Waals surface area contributed by atoms with Crippen LogP contribution in [0.2, 0.25) is 10.0 Å². The summed E-state index contributed by atoms with van der Waals surface area (Å²) in [7, 11) is 0. The first kappa shape index (κ1) is 18.6. The van der Waals surface area contributed by atoms with Gasteiger partial charge in [-0.2, -0.15) is 11.8 Å². The fourth-order valence-corrected chi connectivity index (χ4v) is 4.80. The standard InChI is InChI=1S/C20H21Cl2NOS/c1-20(12-25-2)11-17(14-4-3-5-16(22)10-14)18(23-19(20)24)13-6-8-15(21)9-7-13/h3-10,17-18H,11-12H2,1-2H3,(H,23,24)/t17-,18-,20-/m1/s1. The van der Waals surface area contributed by atoms with Gasteiger partial charge in [0, 0.05) is 21.7 Å². The molecule has 0 aliphatic carbocycles. The summed E-state index contributed by atoms with van der Waals surface area (Å²) >= 11 is 14.0. The van der Waals surface area contributed by atoms with Crippen LogP contribution >= 0.6 is 35.0 Å². The SMILES string of the molecule is CSC[C@@]1(C)C[C@H](c2cccc(Cl)c2)[C@@H](c2ccc(Cl)cc2)NC1=O. The largest absolute Gasteiger partial charge is 0.348 e. The van der Waals surface area contributed by atoms with E-state index in [1.165, 1.54) is 0 Å². The van der Waals surface area contributed by atoms with Crippen LogP contribution in [0.15, 0.2) is 48.5 Å². The van der Waals surface area contributed by atoms with E-state index in [9.17, 15) is 4.79 Å². The van der Waals surface area contributed by atoms with Crippen molar-refractivity contribution in [3.63, 3.8) is 0 Å². The highest BCUT2D eigenvalue weighted by Gasteiger charge is 2.44. The molecule has 0 unspecified atom stereocenters. The lowest BCUT2D eigenvalue weighted by atomic mass is 9.71. The second kappa shape index (κ2) is 7.61. The Balaban J connectivity index is 2.02. The summed E-state index contributed by atoms with van der Waals surface area (Å²) in [6.45, 7) is 2.05. The number of carbonyl (C=O) groups is 1. The molecule has 3 rings (SSSR count). The molecular weight excluding hydrogens is 373 g/mol. The van der Waals surface area contributed by atoms with Crippen molar-refractivity contribution in [1.82, 2.24) is 5.32 Å². The van der Waals surface area contributed by atoms with Gasteiger partial charge in [-0.15, -0.1) is 0 Å². The zero-order valence-corrected chi connectivity index (χ0v) is 16.6. The highest BCUT2D eigenvalue weighted by Crippen LogP contribution is 2.46. The van der Waals surface area contributed by atoms with Crippen LogP contribution < -0.4 is 5.32 Å². The number of benzene rings is 2. The van der Waals surface area contributed by atoms with Crippen LogP contribution in [0.4, 0.5) is 0 Å². The van der Waals surface area contributed by atoms with Crippen LogP contribution in [0.25, 0.3) is 0 Å². The third-order valence-corrected chi connectivity index (χ3v) is 6.29. The van der Waals surface area contributed by atoms with Gasteiger partial charge in [-0.05, 0) is 55.0 Å². The molecule has 1 N–H and O–H groups in total. The van der Waals surface area contributed by atoms with E-state index in [2.05, 4.69) is 18.3 Å². The summed E-state index contributed by atoms with van der Waals surface area (Å²) < 4.78 is 0. The van der Waals surface area contributed by atoms with Gasteiger partial charge in [-0.1, -0.05) is 47.5 Å². The molecule has 1 amide bonds. The first-order valence-electron chi connectivity index (χ1n) is 8.24. The van der Waals surface area contributed by atoms with Crippen LogP contribution in [0, 0.1) is 5.41 Å². The van der Waals surface area contributed by atoms with Crippen LogP contribution in [0.5, 0.6) is 0 Å². The summed E-state index contributed by atoms with van der Waals surface area (Å²) in [6, 6.07) is 15.6. The average molecular weight is 394 g/mol. The lowest BCUT2D eigenvalue weighted by Gasteiger charge is -2.42. The van der Waals surface area contributed by atoms with E-state index >= 15 is 0 Å². The predicted molar refractivity (Wildman–Crippen MR) is 108 cm³/mol. The quantitative estimate of drug-likeness (QED) is 0.720.